The van der Waals surface area contributed by atoms with Crippen molar-refractivity contribution in [1.29, 1.82) is 0 Å². The molecule has 21 heavy (non-hydrogen) atoms. The van der Waals surface area contributed by atoms with Crippen LogP contribution in [0.25, 0.3) is 5.65 Å². The van der Waals surface area contributed by atoms with Crippen LogP contribution in [0.15, 0.2) is 24.4 Å². The maximum Gasteiger partial charge on any atom is 0.351 e. The van der Waals surface area contributed by atoms with Crippen LogP contribution in [0.4, 0.5) is 5.82 Å². The van der Waals surface area contributed by atoms with Gasteiger partial charge in [0, 0.05) is 17.6 Å². The lowest BCUT2D eigenvalue weighted by Gasteiger charge is -2.07. The Morgan fingerprint density at radius 2 is 2.38 bits per heavy atom. The number of imidazole rings is 1. The van der Waals surface area contributed by atoms with Crippen molar-refractivity contribution in [2.45, 2.75) is 11.8 Å². The van der Waals surface area contributed by atoms with E-state index in [2.05, 4.69) is 9.72 Å². The Balaban J connectivity index is 2.13. The van der Waals surface area contributed by atoms with Crippen LogP contribution in [0, 0.1) is 10.1 Å². The van der Waals surface area contributed by atoms with E-state index in [1.165, 1.54) is 23.3 Å². The first-order valence-corrected chi connectivity index (χ1v) is 7.21. The number of nitro groups is 1. The first-order valence-electron chi connectivity index (χ1n) is 6.06. The highest BCUT2D eigenvalue weighted by Crippen LogP contribution is 2.24. The monoisotopic (exact) mass is 310 g/mol. The van der Waals surface area contributed by atoms with E-state index >= 15 is 0 Å². The van der Waals surface area contributed by atoms with Crippen molar-refractivity contribution in [3.8, 4) is 0 Å². The van der Waals surface area contributed by atoms with E-state index < -0.39 is 16.9 Å². The Bertz CT molecular complexity index is 672. The molecular formula is C12H14N4O4S. The number of aromatic nitrogens is 2. The van der Waals surface area contributed by atoms with Gasteiger partial charge in [-0.05, 0) is 11.0 Å². The third-order valence-corrected chi connectivity index (χ3v) is 3.86. The number of esters is 1. The number of pyridine rings is 1. The summed E-state index contributed by atoms with van der Waals surface area (Å²) < 4.78 is 5.95. The second-order valence-corrected chi connectivity index (χ2v) is 5.24. The molecule has 112 valence electrons. The lowest BCUT2D eigenvalue weighted by molar-refractivity contribution is -0.391. The van der Waals surface area contributed by atoms with E-state index in [0.717, 1.165) is 0 Å². The van der Waals surface area contributed by atoms with Gasteiger partial charge < -0.3 is 20.6 Å². The van der Waals surface area contributed by atoms with E-state index in [1.807, 2.05) is 0 Å². The third-order valence-electron chi connectivity index (χ3n) is 2.79. The number of carbonyl (C=O) groups excluding carboxylic acids is 1. The van der Waals surface area contributed by atoms with Crippen LogP contribution in [-0.4, -0.2) is 39.2 Å². The van der Waals surface area contributed by atoms with Gasteiger partial charge in [-0.2, -0.15) is 16.2 Å². The molecule has 1 unspecified atom stereocenters. The summed E-state index contributed by atoms with van der Waals surface area (Å²) in [5, 5.41) is 11.2. The molecule has 0 aliphatic carbocycles. The fourth-order valence-corrected chi connectivity index (χ4v) is 2.72. The van der Waals surface area contributed by atoms with Crippen molar-refractivity contribution >= 4 is 29.2 Å². The average molecular weight is 310 g/mol. The van der Waals surface area contributed by atoms with Gasteiger partial charge in [0.2, 0.25) is 5.65 Å². The molecule has 0 radical (unpaired) electrons. The molecule has 0 bridgehead atoms. The average Bonchev–Trinajstić information content (AvgIpc) is 2.84. The molecule has 0 saturated heterocycles. The summed E-state index contributed by atoms with van der Waals surface area (Å²) in [4.78, 5) is 26.1. The predicted molar refractivity (Wildman–Crippen MR) is 78.0 cm³/mol. The van der Waals surface area contributed by atoms with Crippen molar-refractivity contribution in [1.82, 2.24) is 9.38 Å². The highest BCUT2D eigenvalue weighted by molar-refractivity contribution is 7.98. The largest absolute Gasteiger partial charge is 0.468 e. The molecule has 0 aliphatic heterocycles. The van der Waals surface area contributed by atoms with Gasteiger partial charge in [-0.3, -0.25) is 4.79 Å². The van der Waals surface area contributed by atoms with E-state index in [9.17, 15) is 14.9 Å². The lowest BCUT2D eigenvalue weighted by atomic mass is 10.4. The Labute approximate surface area is 124 Å². The first-order chi connectivity index (χ1) is 10.0. The normalized spacial score (nSPS) is 12.3. The number of methoxy groups -OCH3 is 1. The molecule has 2 rings (SSSR count). The maximum absolute atomic E-state index is 11.2. The summed E-state index contributed by atoms with van der Waals surface area (Å²) in [7, 11) is 1.26. The minimum absolute atomic E-state index is 0.0651. The van der Waals surface area contributed by atoms with Gasteiger partial charge in [0.25, 0.3) is 0 Å². The highest BCUT2D eigenvalue weighted by Gasteiger charge is 2.22. The van der Waals surface area contributed by atoms with Gasteiger partial charge in [0.1, 0.15) is 11.7 Å². The van der Waals surface area contributed by atoms with E-state index in [0.29, 0.717) is 22.8 Å². The summed E-state index contributed by atoms with van der Waals surface area (Å²) in [5.74, 6) is 0.0251. The van der Waals surface area contributed by atoms with Crippen molar-refractivity contribution in [3.63, 3.8) is 0 Å². The maximum atomic E-state index is 11.2. The van der Waals surface area contributed by atoms with Crippen LogP contribution in [-0.2, 0) is 15.3 Å². The molecule has 0 amide bonds. The van der Waals surface area contributed by atoms with Crippen LogP contribution < -0.4 is 5.73 Å². The standard InChI is InChI=1S/C12H14N4O4S/c1-20-12(17)8(13)6-21-7-9-11(16(18)19)15-5-3-2-4-10(15)14-9/h2-5,8H,6-7,13H2,1H3. The number of carbonyl (C=O) groups is 1. The Morgan fingerprint density at radius 1 is 1.62 bits per heavy atom. The number of rotatable bonds is 6. The fourth-order valence-electron chi connectivity index (χ4n) is 1.82. The molecule has 0 fully saturated rings. The van der Waals surface area contributed by atoms with Crippen LogP contribution >= 0.6 is 11.8 Å². The zero-order valence-electron chi connectivity index (χ0n) is 11.3. The molecule has 2 aromatic rings. The molecule has 9 heteroatoms. The molecule has 0 saturated carbocycles. The lowest BCUT2D eigenvalue weighted by Crippen LogP contribution is -2.33. The van der Waals surface area contributed by atoms with Gasteiger partial charge in [-0.1, -0.05) is 6.07 Å². The summed E-state index contributed by atoms with van der Waals surface area (Å²) in [6.07, 6.45) is 1.59. The predicted octanol–water partition coefficient (Wildman–Crippen LogP) is 0.976. The molecule has 2 heterocycles. The minimum Gasteiger partial charge on any atom is -0.468 e. The molecular weight excluding hydrogens is 296 g/mol. The Kier molecular flexibility index (Phi) is 4.76. The number of hydrogen-bond acceptors (Lipinski definition) is 7. The number of thioether (sulfide) groups is 1. The molecule has 8 nitrogen and oxygen atoms in total. The summed E-state index contributed by atoms with van der Waals surface area (Å²) in [6.45, 7) is 0. The second kappa shape index (κ2) is 6.55. The van der Waals surface area contributed by atoms with Crippen molar-refractivity contribution in [3.05, 3.63) is 40.2 Å². The first kappa shape index (κ1) is 15.3. The number of hydrogen-bond donors (Lipinski definition) is 1. The zero-order chi connectivity index (χ0) is 15.4. The number of nitrogens with two attached hydrogens (primary N) is 1. The minimum atomic E-state index is -0.754. The van der Waals surface area contributed by atoms with Crippen molar-refractivity contribution in [2.24, 2.45) is 5.73 Å². The van der Waals surface area contributed by atoms with Crippen LogP contribution in [0.1, 0.15) is 5.69 Å². The van der Waals surface area contributed by atoms with Crippen LogP contribution in [0.5, 0.6) is 0 Å². The van der Waals surface area contributed by atoms with Gasteiger partial charge in [-0.25, -0.2) is 4.98 Å². The number of fused-ring (bicyclic) bond motifs is 1. The van der Waals surface area contributed by atoms with Gasteiger partial charge in [-0.15, -0.1) is 0 Å². The quantitative estimate of drug-likeness (QED) is 0.480. The zero-order valence-corrected chi connectivity index (χ0v) is 12.1. The van der Waals surface area contributed by atoms with Gasteiger partial charge >= 0.3 is 11.8 Å². The fraction of sp³-hybridized carbons (Fsp3) is 0.333. The summed E-state index contributed by atoms with van der Waals surface area (Å²) in [6, 6.07) is 4.40. The molecule has 0 spiro atoms. The molecule has 1 atom stereocenters. The third kappa shape index (κ3) is 3.31. The SMILES string of the molecule is COC(=O)C(N)CSCc1nc2ccccn2c1[N+](=O)[O-]. The smallest absolute Gasteiger partial charge is 0.351 e. The van der Waals surface area contributed by atoms with Crippen LogP contribution in [0.3, 0.4) is 0 Å². The highest BCUT2D eigenvalue weighted by atomic mass is 32.2. The van der Waals surface area contributed by atoms with E-state index in [-0.39, 0.29) is 5.82 Å². The molecule has 0 aliphatic rings. The van der Waals surface area contributed by atoms with Crippen LogP contribution in [0.2, 0.25) is 0 Å². The van der Waals surface area contributed by atoms with Crippen molar-refractivity contribution in [2.75, 3.05) is 12.9 Å². The molecule has 2 N–H and O–H groups in total. The molecule has 2 aromatic heterocycles. The van der Waals surface area contributed by atoms with E-state index in [4.69, 9.17) is 5.73 Å². The van der Waals surface area contributed by atoms with Gasteiger partial charge in [0.15, 0.2) is 0 Å². The Hall–Kier alpha value is -2.13. The number of ether oxygens (including phenoxy) is 1. The van der Waals surface area contributed by atoms with Crippen molar-refractivity contribution < 1.29 is 14.5 Å². The topological polar surface area (TPSA) is 113 Å². The number of nitrogens with zero attached hydrogens (tertiary/aromatic N) is 3. The summed E-state index contributed by atoms with van der Waals surface area (Å²) in [5.41, 5.74) is 6.48. The Morgan fingerprint density at radius 3 is 3.05 bits per heavy atom. The molecule has 0 aromatic carbocycles. The van der Waals surface area contributed by atoms with E-state index in [1.54, 1.807) is 24.4 Å². The summed E-state index contributed by atoms with van der Waals surface area (Å²) >= 11 is 1.30. The second-order valence-electron chi connectivity index (χ2n) is 4.21. The van der Waals surface area contributed by atoms with Gasteiger partial charge in [0.05, 0.1) is 13.3 Å².